The molecule has 1 aliphatic rings. The van der Waals surface area contributed by atoms with E-state index in [4.69, 9.17) is 0 Å². The van der Waals surface area contributed by atoms with Crippen LogP contribution in [0.25, 0.3) is 0 Å². The van der Waals surface area contributed by atoms with Gasteiger partial charge in [0.2, 0.25) is 0 Å². The highest BCUT2D eigenvalue weighted by molar-refractivity contribution is 4.63. The second-order valence-electron chi connectivity index (χ2n) is 7.40. The van der Waals surface area contributed by atoms with Crippen molar-refractivity contribution in [3.8, 4) is 0 Å². The Labute approximate surface area is 134 Å². The van der Waals surface area contributed by atoms with Crippen molar-refractivity contribution >= 4 is 0 Å². The Morgan fingerprint density at radius 3 is 2.00 bits per heavy atom. The van der Waals surface area contributed by atoms with E-state index in [1.54, 1.807) is 0 Å². The number of quaternary nitrogens is 2. The molecule has 2 atom stereocenters. The maximum absolute atomic E-state index is 2.48. The van der Waals surface area contributed by atoms with Gasteiger partial charge in [-0.05, 0) is 60.3 Å². The molecule has 0 amide bonds. The number of likely N-dealkylation sites (tertiary alicyclic amines) is 1. The summed E-state index contributed by atoms with van der Waals surface area (Å²) in [5, 5.41) is 0. The van der Waals surface area contributed by atoms with E-state index in [0.717, 1.165) is 6.04 Å². The normalized spacial score (nSPS) is 26.4. The van der Waals surface area contributed by atoms with Gasteiger partial charge in [0.15, 0.2) is 0 Å². The van der Waals surface area contributed by atoms with E-state index in [-0.39, 0.29) is 0 Å². The van der Waals surface area contributed by atoms with Gasteiger partial charge in [0.1, 0.15) is 0 Å². The minimum absolute atomic E-state index is 0.916. The first-order valence-corrected chi connectivity index (χ1v) is 9.79. The van der Waals surface area contributed by atoms with Crippen molar-refractivity contribution in [3.63, 3.8) is 0 Å². The Hall–Kier alpha value is -0.0800. The molecule has 0 N–H and O–H groups in total. The molecule has 1 fully saturated rings. The summed E-state index contributed by atoms with van der Waals surface area (Å²) < 4.78 is 2.74. The van der Waals surface area contributed by atoms with Crippen LogP contribution in [0.5, 0.6) is 0 Å². The summed E-state index contributed by atoms with van der Waals surface area (Å²) in [6.07, 6.45) is 8.68. The summed E-state index contributed by atoms with van der Waals surface area (Å²) in [6.45, 7) is 21.5. The van der Waals surface area contributed by atoms with Gasteiger partial charge in [-0.2, -0.15) is 0 Å². The molecule has 1 rings (SSSR count). The monoisotopic (exact) mass is 298 g/mol. The molecule has 0 radical (unpaired) electrons. The minimum atomic E-state index is 0.916. The lowest BCUT2D eigenvalue weighted by atomic mass is 10.1. The van der Waals surface area contributed by atoms with Crippen molar-refractivity contribution in [2.75, 3.05) is 45.8 Å². The summed E-state index contributed by atoms with van der Waals surface area (Å²) in [5.41, 5.74) is 0. The van der Waals surface area contributed by atoms with Gasteiger partial charge in [-0.3, -0.25) is 0 Å². The Morgan fingerprint density at radius 1 is 0.905 bits per heavy atom. The molecule has 1 saturated heterocycles. The molecule has 0 spiro atoms. The fourth-order valence-electron chi connectivity index (χ4n) is 4.53. The molecule has 2 nitrogen and oxygen atoms in total. The van der Waals surface area contributed by atoms with Crippen LogP contribution in [0.1, 0.15) is 73.1 Å². The third-order valence-electron chi connectivity index (χ3n) is 6.79. The molecule has 126 valence electrons. The van der Waals surface area contributed by atoms with Gasteiger partial charge in [-0.15, -0.1) is 0 Å². The van der Waals surface area contributed by atoms with Gasteiger partial charge in [0.05, 0.1) is 51.9 Å². The molecule has 0 aromatic carbocycles. The van der Waals surface area contributed by atoms with Crippen molar-refractivity contribution in [3.05, 3.63) is 0 Å². The Bertz CT molecular complexity index is 264. The van der Waals surface area contributed by atoms with Crippen molar-refractivity contribution < 1.29 is 8.97 Å². The third kappa shape index (κ3) is 4.96. The lowest BCUT2D eigenvalue weighted by Gasteiger charge is -2.38. The number of nitrogens with zero attached hydrogens (tertiary/aromatic N) is 2. The van der Waals surface area contributed by atoms with Gasteiger partial charge in [-0.25, -0.2) is 0 Å². The van der Waals surface area contributed by atoms with Crippen molar-refractivity contribution in [2.45, 2.75) is 79.2 Å². The molecule has 2 unspecified atom stereocenters. The third-order valence-corrected chi connectivity index (χ3v) is 6.79. The van der Waals surface area contributed by atoms with E-state index >= 15 is 0 Å². The highest BCUT2D eigenvalue weighted by Gasteiger charge is 2.36. The smallest absolute Gasteiger partial charge is 0.0863 e. The first-order valence-electron chi connectivity index (χ1n) is 9.79. The predicted molar refractivity (Wildman–Crippen MR) is 94.4 cm³/mol. The Balaban J connectivity index is 2.20. The van der Waals surface area contributed by atoms with E-state index < -0.39 is 0 Å². The number of hydrogen-bond donors (Lipinski definition) is 0. The van der Waals surface area contributed by atoms with Crippen molar-refractivity contribution in [2.24, 2.45) is 0 Å². The second-order valence-corrected chi connectivity index (χ2v) is 7.40. The summed E-state index contributed by atoms with van der Waals surface area (Å²) in [7, 11) is 0. The average molecular weight is 299 g/mol. The lowest BCUT2D eigenvalue weighted by molar-refractivity contribution is -0.936. The minimum Gasteiger partial charge on any atom is -0.324 e. The first-order chi connectivity index (χ1) is 10.1. The summed E-state index contributed by atoms with van der Waals surface area (Å²) >= 11 is 0. The molecule has 0 aromatic rings. The molecule has 0 aliphatic carbocycles. The maximum Gasteiger partial charge on any atom is 0.0863 e. The second kappa shape index (κ2) is 9.15. The average Bonchev–Trinajstić information content (AvgIpc) is 2.89. The highest BCUT2D eigenvalue weighted by atomic mass is 15.4. The molecule has 2 heteroatoms. The maximum atomic E-state index is 2.48. The van der Waals surface area contributed by atoms with Crippen LogP contribution in [0, 0.1) is 0 Å². The Kier molecular flexibility index (Phi) is 8.26. The van der Waals surface area contributed by atoms with Crippen molar-refractivity contribution in [1.82, 2.24) is 0 Å². The van der Waals surface area contributed by atoms with Crippen molar-refractivity contribution in [1.29, 1.82) is 0 Å². The van der Waals surface area contributed by atoms with E-state index in [1.807, 2.05) is 0 Å². The van der Waals surface area contributed by atoms with Crippen LogP contribution < -0.4 is 0 Å². The van der Waals surface area contributed by atoms with Gasteiger partial charge < -0.3 is 8.97 Å². The largest absolute Gasteiger partial charge is 0.324 e. The van der Waals surface area contributed by atoms with Crippen LogP contribution in [0.4, 0.5) is 0 Å². The topological polar surface area (TPSA) is 0 Å². The Morgan fingerprint density at radius 2 is 1.52 bits per heavy atom. The fraction of sp³-hybridized carbons (Fsp3) is 1.00. The molecular formula is C19H42N2+2. The van der Waals surface area contributed by atoms with Crippen LogP contribution in [0.2, 0.25) is 0 Å². The molecule has 0 aromatic heterocycles. The van der Waals surface area contributed by atoms with E-state index in [0.29, 0.717) is 0 Å². The quantitative estimate of drug-likeness (QED) is 0.391. The fourth-order valence-corrected chi connectivity index (χ4v) is 4.53. The molecule has 0 bridgehead atoms. The van der Waals surface area contributed by atoms with Crippen LogP contribution in [0.3, 0.4) is 0 Å². The molecule has 0 saturated carbocycles. The van der Waals surface area contributed by atoms with Crippen LogP contribution in [-0.2, 0) is 0 Å². The number of unbranched alkanes of at least 4 members (excludes halogenated alkanes) is 3. The molecule has 1 heterocycles. The SMILES string of the molecule is CC[N+](CC)(CC)CCCCCC[N+]1(CC)CCCC1C. The highest BCUT2D eigenvalue weighted by Crippen LogP contribution is 2.27. The molecular weight excluding hydrogens is 256 g/mol. The van der Waals surface area contributed by atoms with Crippen LogP contribution in [0.15, 0.2) is 0 Å². The van der Waals surface area contributed by atoms with Crippen LogP contribution in [-0.4, -0.2) is 60.8 Å². The molecule has 1 aliphatic heterocycles. The van der Waals surface area contributed by atoms with E-state index in [9.17, 15) is 0 Å². The zero-order valence-electron chi connectivity index (χ0n) is 15.7. The summed E-state index contributed by atoms with van der Waals surface area (Å²) in [6, 6.07) is 0.916. The zero-order valence-corrected chi connectivity index (χ0v) is 15.7. The lowest BCUT2D eigenvalue weighted by Crippen LogP contribution is -2.50. The van der Waals surface area contributed by atoms with E-state index in [2.05, 4.69) is 34.6 Å². The number of hydrogen-bond acceptors (Lipinski definition) is 0. The standard InChI is InChI=1S/C19H42N2/c1-6-20(7-2,8-3)16-12-10-11-13-17-21(9-4)18-14-15-19(21)5/h19H,6-18H2,1-5H3/q+2. The molecule has 21 heavy (non-hydrogen) atoms. The van der Waals surface area contributed by atoms with Gasteiger partial charge in [-0.1, -0.05) is 0 Å². The summed E-state index contributed by atoms with van der Waals surface area (Å²) in [4.78, 5) is 0. The van der Waals surface area contributed by atoms with Gasteiger partial charge >= 0.3 is 0 Å². The zero-order chi connectivity index (χ0) is 15.8. The summed E-state index contributed by atoms with van der Waals surface area (Å²) in [5.74, 6) is 0. The van der Waals surface area contributed by atoms with E-state index in [1.165, 1.54) is 93.3 Å². The van der Waals surface area contributed by atoms with Gasteiger partial charge in [0.25, 0.3) is 0 Å². The first kappa shape index (κ1) is 19.0. The van der Waals surface area contributed by atoms with Crippen LogP contribution >= 0.6 is 0 Å². The van der Waals surface area contributed by atoms with Gasteiger partial charge in [0, 0.05) is 12.8 Å². The number of rotatable bonds is 11. The predicted octanol–water partition coefficient (Wildman–Crippen LogP) is 4.44.